The Balaban J connectivity index is 1.05. The predicted molar refractivity (Wildman–Crippen MR) is 140 cm³/mol. The summed E-state index contributed by atoms with van der Waals surface area (Å²) in [4.78, 5) is 35.3. The molecule has 3 aliphatic heterocycles. The Morgan fingerprint density at radius 1 is 0.897 bits per heavy atom. The van der Waals surface area contributed by atoms with Crippen molar-refractivity contribution in [1.29, 1.82) is 0 Å². The summed E-state index contributed by atoms with van der Waals surface area (Å²) in [5.74, 6) is 1.35. The monoisotopic (exact) mass is 528 g/mol. The Hall–Kier alpha value is -3.79. The van der Waals surface area contributed by atoms with E-state index in [0.717, 1.165) is 67.1 Å². The van der Waals surface area contributed by atoms with Crippen molar-refractivity contribution in [1.82, 2.24) is 30.2 Å². The fraction of sp³-hybridized carbons (Fsp3) is 0.483. The van der Waals surface area contributed by atoms with Gasteiger partial charge in [-0.2, -0.15) is 15.4 Å². The molecule has 1 aromatic carbocycles. The zero-order chi connectivity index (χ0) is 26.3. The molecule has 202 valence electrons. The van der Waals surface area contributed by atoms with Crippen LogP contribution in [0, 0.1) is 5.92 Å². The Kier molecular flexibility index (Phi) is 6.27. The summed E-state index contributed by atoms with van der Waals surface area (Å²) in [7, 11) is 0. The Morgan fingerprint density at radius 2 is 1.69 bits per heavy atom. The van der Waals surface area contributed by atoms with Crippen LogP contribution in [0.2, 0.25) is 0 Å². The number of aromatic amines is 1. The van der Waals surface area contributed by atoms with Crippen molar-refractivity contribution < 1.29 is 19.1 Å². The molecule has 2 fully saturated rings. The number of carbonyl (C=O) groups excluding carboxylic acids is 2. The second kappa shape index (κ2) is 10.1. The van der Waals surface area contributed by atoms with Crippen LogP contribution >= 0.6 is 0 Å². The van der Waals surface area contributed by atoms with Gasteiger partial charge in [0.15, 0.2) is 0 Å². The second-order valence-corrected chi connectivity index (χ2v) is 11.1. The maximum absolute atomic E-state index is 13.7. The highest BCUT2D eigenvalue weighted by molar-refractivity contribution is 5.96. The third kappa shape index (κ3) is 5.01. The number of ether oxygens (including phenoxy) is 2. The lowest BCUT2D eigenvalue weighted by Gasteiger charge is -2.25. The van der Waals surface area contributed by atoms with Crippen LogP contribution in [0.1, 0.15) is 80.5 Å². The SMILES string of the molecule is O=C(c1cc(OCC2CCOCC2)nc(C2CC2)c1)N1Cc2ccc(C(=O)N3CCc4n[nH]nc4C3)cc2C1. The molecule has 1 N–H and O–H groups in total. The van der Waals surface area contributed by atoms with Crippen LogP contribution in [0.15, 0.2) is 30.3 Å². The molecule has 0 radical (unpaired) electrons. The first-order valence-electron chi connectivity index (χ1n) is 13.9. The van der Waals surface area contributed by atoms with Gasteiger partial charge in [0.1, 0.15) is 5.69 Å². The average Bonchev–Trinajstić information content (AvgIpc) is 3.57. The van der Waals surface area contributed by atoms with Gasteiger partial charge in [0.05, 0.1) is 18.8 Å². The minimum Gasteiger partial charge on any atom is -0.477 e. The first-order chi connectivity index (χ1) is 19.1. The minimum absolute atomic E-state index is 0.0224. The van der Waals surface area contributed by atoms with Crippen LogP contribution in [-0.4, -0.2) is 68.4 Å². The standard InChI is InChI=1S/C29H32N6O4/c36-28(34-8-5-24-26(16-34)32-33-31-24)20-3-4-21-14-35(15-23(21)11-20)29(37)22-12-25(19-1-2-19)30-27(13-22)39-17-18-6-9-38-10-7-18/h3-4,11-13,18-19H,1-2,5-10,14-17H2,(H,31,32,33). The van der Waals surface area contributed by atoms with Crippen LogP contribution < -0.4 is 4.74 Å². The van der Waals surface area contributed by atoms with Crippen molar-refractivity contribution in [2.24, 2.45) is 5.92 Å². The van der Waals surface area contributed by atoms with E-state index >= 15 is 0 Å². The summed E-state index contributed by atoms with van der Waals surface area (Å²) >= 11 is 0. The molecule has 4 aliphatic rings. The largest absolute Gasteiger partial charge is 0.477 e. The van der Waals surface area contributed by atoms with E-state index in [1.807, 2.05) is 34.1 Å². The molecule has 0 atom stereocenters. The van der Waals surface area contributed by atoms with Crippen molar-refractivity contribution in [2.45, 2.75) is 57.7 Å². The molecule has 3 aromatic rings. The van der Waals surface area contributed by atoms with Gasteiger partial charge in [0, 0.05) is 68.1 Å². The number of hydrogen-bond acceptors (Lipinski definition) is 7. The zero-order valence-electron chi connectivity index (χ0n) is 21.9. The van der Waals surface area contributed by atoms with E-state index < -0.39 is 0 Å². The van der Waals surface area contributed by atoms with Crippen LogP contribution in [0.5, 0.6) is 5.88 Å². The summed E-state index contributed by atoms with van der Waals surface area (Å²) < 4.78 is 11.6. The van der Waals surface area contributed by atoms with Crippen molar-refractivity contribution in [3.8, 4) is 5.88 Å². The quantitative estimate of drug-likeness (QED) is 0.523. The summed E-state index contributed by atoms with van der Waals surface area (Å²) in [6.45, 7) is 4.21. The van der Waals surface area contributed by atoms with E-state index in [-0.39, 0.29) is 11.8 Å². The highest BCUT2D eigenvalue weighted by Gasteiger charge is 2.31. The normalized spacial score (nSPS) is 19.1. The van der Waals surface area contributed by atoms with E-state index in [1.165, 1.54) is 0 Å². The van der Waals surface area contributed by atoms with Gasteiger partial charge in [-0.15, -0.1) is 0 Å². The topological polar surface area (TPSA) is 114 Å². The highest BCUT2D eigenvalue weighted by Crippen LogP contribution is 2.40. The van der Waals surface area contributed by atoms with Crippen molar-refractivity contribution >= 4 is 11.8 Å². The summed E-state index contributed by atoms with van der Waals surface area (Å²) in [5, 5.41) is 11.0. The van der Waals surface area contributed by atoms with E-state index in [4.69, 9.17) is 14.5 Å². The molecule has 1 aliphatic carbocycles. The first kappa shape index (κ1) is 24.3. The lowest BCUT2D eigenvalue weighted by molar-refractivity contribution is 0.0490. The van der Waals surface area contributed by atoms with Gasteiger partial charge >= 0.3 is 0 Å². The van der Waals surface area contributed by atoms with Gasteiger partial charge in [-0.25, -0.2) is 4.98 Å². The molecule has 2 amide bonds. The van der Waals surface area contributed by atoms with Crippen molar-refractivity contribution in [2.75, 3.05) is 26.4 Å². The van der Waals surface area contributed by atoms with E-state index in [9.17, 15) is 9.59 Å². The van der Waals surface area contributed by atoms with Crippen molar-refractivity contribution in [3.05, 3.63) is 69.7 Å². The van der Waals surface area contributed by atoms with Crippen LogP contribution in [0.4, 0.5) is 0 Å². The van der Waals surface area contributed by atoms with Gasteiger partial charge in [-0.05, 0) is 60.9 Å². The van der Waals surface area contributed by atoms with Crippen LogP contribution in [-0.2, 0) is 30.8 Å². The van der Waals surface area contributed by atoms with Crippen LogP contribution in [0.25, 0.3) is 0 Å². The van der Waals surface area contributed by atoms with Gasteiger partial charge in [-0.3, -0.25) is 9.59 Å². The number of nitrogens with zero attached hydrogens (tertiary/aromatic N) is 5. The Morgan fingerprint density at radius 3 is 2.54 bits per heavy atom. The third-order valence-corrected chi connectivity index (χ3v) is 8.28. The van der Waals surface area contributed by atoms with Gasteiger partial charge in [-0.1, -0.05) is 6.07 Å². The number of benzene rings is 1. The Labute approximate surface area is 226 Å². The molecule has 1 saturated carbocycles. The smallest absolute Gasteiger partial charge is 0.254 e. The first-order valence-corrected chi connectivity index (χ1v) is 13.9. The molecular formula is C29H32N6O4. The number of carbonyl (C=O) groups is 2. The number of nitrogens with one attached hydrogen (secondary N) is 1. The van der Waals surface area contributed by atoms with Gasteiger partial charge < -0.3 is 19.3 Å². The molecule has 7 rings (SSSR count). The number of amides is 2. The highest BCUT2D eigenvalue weighted by atomic mass is 16.5. The number of pyridine rings is 1. The fourth-order valence-electron chi connectivity index (χ4n) is 5.74. The number of hydrogen-bond donors (Lipinski definition) is 1. The fourth-order valence-corrected chi connectivity index (χ4v) is 5.74. The molecule has 0 bridgehead atoms. The molecule has 10 heteroatoms. The minimum atomic E-state index is -0.0334. The number of fused-ring (bicyclic) bond motifs is 2. The molecule has 0 spiro atoms. The average molecular weight is 529 g/mol. The molecule has 10 nitrogen and oxygen atoms in total. The van der Waals surface area contributed by atoms with E-state index in [2.05, 4.69) is 15.4 Å². The van der Waals surface area contributed by atoms with Gasteiger partial charge in [0.2, 0.25) is 5.88 Å². The number of H-pyrrole nitrogens is 1. The third-order valence-electron chi connectivity index (χ3n) is 8.28. The zero-order valence-corrected chi connectivity index (χ0v) is 21.9. The van der Waals surface area contributed by atoms with E-state index in [1.54, 1.807) is 6.07 Å². The second-order valence-electron chi connectivity index (χ2n) is 11.1. The maximum atomic E-state index is 13.7. The molecule has 39 heavy (non-hydrogen) atoms. The lowest BCUT2D eigenvalue weighted by Crippen LogP contribution is -2.36. The summed E-state index contributed by atoms with van der Waals surface area (Å²) in [6.07, 6.45) is 4.88. The summed E-state index contributed by atoms with van der Waals surface area (Å²) in [6, 6.07) is 9.51. The lowest BCUT2D eigenvalue weighted by atomic mass is 10.0. The molecular weight excluding hydrogens is 496 g/mol. The van der Waals surface area contributed by atoms with Crippen LogP contribution in [0.3, 0.4) is 0 Å². The number of rotatable bonds is 6. The Bertz CT molecular complexity index is 1410. The molecule has 1 saturated heterocycles. The molecule has 5 heterocycles. The van der Waals surface area contributed by atoms with Gasteiger partial charge in [0.25, 0.3) is 11.8 Å². The summed E-state index contributed by atoms with van der Waals surface area (Å²) in [5.41, 5.74) is 6.05. The molecule has 0 unspecified atom stereocenters. The number of aromatic nitrogens is 4. The molecule has 2 aromatic heterocycles. The maximum Gasteiger partial charge on any atom is 0.254 e. The van der Waals surface area contributed by atoms with Crippen molar-refractivity contribution in [3.63, 3.8) is 0 Å². The van der Waals surface area contributed by atoms with E-state index in [0.29, 0.717) is 68.0 Å². The predicted octanol–water partition coefficient (Wildman–Crippen LogP) is 3.24.